The molecule has 1 amide bonds. The number of carbonyl (C=O) groups excluding carboxylic acids is 1. The fraction of sp³-hybridized carbons (Fsp3) is 0.462. The topological polar surface area (TPSA) is 108 Å². The van der Waals surface area contributed by atoms with E-state index in [2.05, 4.69) is 15.5 Å². The summed E-state index contributed by atoms with van der Waals surface area (Å²) in [5.41, 5.74) is 0.562. The van der Waals surface area contributed by atoms with Gasteiger partial charge in [0.25, 0.3) is 0 Å². The number of hydrogen-bond donors (Lipinski definition) is 1. The maximum atomic E-state index is 12.3. The SMILES string of the molecule is CCC(C(=O)NCc1c(Cl)cnn1CC)n1cc([N+](=O)[O-])cn1. The van der Waals surface area contributed by atoms with Crippen molar-refractivity contribution in [1.29, 1.82) is 0 Å². The van der Waals surface area contributed by atoms with Crippen molar-refractivity contribution in [2.75, 3.05) is 0 Å². The van der Waals surface area contributed by atoms with Gasteiger partial charge in [-0.25, -0.2) is 0 Å². The molecule has 1 N–H and O–H groups in total. The standard InChI is InChI=1S/C13H17ClN6O3/c1-3-11(19-8-9(5-16-19)20(22)23)13(21)15-7-12-10(14)6-17-18(12)4-2/h5-6,8,11H,3-4,7H2,1-2H3,(H,15,21). The van der Waals surface area contributed by atoms with E-state index >= 15 is 0 Å². The Bertz CT molecular complexity index is 710. The van der Waals surface area contributed by atoms with Gasteiger partial charge in [-0.05, 0) is 13.3 Å². The van der Waals surface area contributed by atoms with E-state index in [1.54, 1.807) is 11.6 Å². The summed E-state index contributed by atoms with van der Waals surface area (Å²) in [5, 5.41) is 22.0. The molecule has 0 spiro atoms. The first kappa shape index (κ1) is 16.9. The molecule has 0 aliphatic carbocycles. The van der Waals surface area contributed by atoms with Crippen LogP contribution in [0.4, 0.5) is 5.69 Å². The van der Waals surface area contributed by atoms with E-state index in [0.717, 1.165) is 6.20 Å². The number of carbonyl (C=O) groups is 1. The number of nitrogens with zero attached hydrogens (tertiary/aromatic N) is 5. The monoisotopic (exact) mass is 340 g/mol. The lowest BCUT2D eigenvalue weighted by atomic mass is 10.2. The third-order valence-electron chi connectivity index (χ3n) is 3.43. The summed E-state index contributed by atoms with van der Waals surface area (Å²) < 4.78 is 2.99. The van der Waals surface area contributed by atoms with E-state index in [-0.39, 0.29) is 18.1 Å². The van der Waals surface area contributed by atoms with Crippen LogP contribution >= 0.6 is 11.6 Å². The lowest BCUT2D eigenvalue weighted by Gasteiger charge is -2.15. The highest BCUT2D eigenvalue weighted by atomic mass is 35.5. The molecule has 124 valence electrons. The van der Waals surface area contributed by atoms with Crippen molar-refractivity contribution in [3.8, 4) is 0 Å². The van der Waals surface area contributed by atoms with Gasteiger partial charge in [0.1, 0.15) is 18.4 Å². The van der Waals surface area contributed by atoms with E-state index in [0.29, 0.717) is 23.7 Å². The van der Waals surface area contributed by atoms with Gasteiger partial charge in [-0.1, -0.05) is 18.5 Å². The van der Waals surface area contributed by atoms with Gasteiger partial charge in [-0.2, -0.15) is 10.2 Å². The minimum absolute atomic E-state index is 0.150. The first-order chi connectivity index (χ1) is 11.0. The van der Waals surface area contributed by atoms with Gasteiger partial charge in [0, 0.05) is 6.54 Å². The molecule has 0 radical (unpaired) electrons. The summed E-state index contributed by atoms with van der Waals surface area (Å²) in [6, 6.07) is -0.625. The Hall–Kier alpha value is -2.42. The van der Waals surface area contributed by atoms with Crippen molar-refractivity contribution in [3.63, 3.8) is 0 Å². The summed E-state index contributed by atoms with van der Waals surface area (Å²) in [5.74, 6) is -0.287. The van der Waals surface area contributed by atoms with Crippen LogP contribution in [0.2, 0.25) is 5.02 Å². The van der Waals surface area contributed by atoms with Crippen LogP contribution < -0.4 is 5.32 Å². The van der Waals surface area contributed by atoms with Gasteiger partial charge in [0.05, 0.1) is 28.4 Å². The second-order valence-corrected chi connectivity index (χ2v) is 5.24. The van der Waals surface area contributed by atoms with Crippen molar-refractivity contribution in [1.82, 2.24) is 24.9 Å². The number of hydrogen-bond acceptors (Lipinski definition) is 5. The normalized spacial score (nSPS) is 12.1. The van der Waals surface area contributed by atoms with Crippen LogP contribution in [0.1, 0.15) is 32.0 Å². The third kappa shape index (κ3) is 3.67. The number of nitro groups is 1. The quantitative estimate of drug-likeness (QED) is 0.612. The van der Waals surface area contributed by atoms with Crippen LogP contribution in [0.15, 0.2) is 18.6 Å². The molecule has 2 aromatic rings. The second-order valence-electron chi connectivity index (χ2n) is 4.83. The second kappa shape index (κ2) is 7.23. The predicted octanol–water partition coefficient (Wildman–Crippen LogP) is 1.93. The fourth-order valence-corrected chi connectivity index (χ4v) is 2.42. The molecule has 0 fully saturated rings. The van der Waals surface area contributed by atoms with Crippen LogP contribution in [0.25, 0.3) is 0 Å². The molecular weight excluding hydrogens is 324 g/mol. The first-order valence-electron chi connectivity index (χ1n) is 7.14. The Balaban J connectivity index is 2.08. The summed E-state index contributed by atoms with van der Waals surface area (Å²) in [7, 11) is 0. The highest BCUT2D eigenvalue weighted by molar-refractivity contribution is 6.31. The summed E-state index contributed by atoms with van der Waals surface area (Å²) >= 11 is 6.05. The molecule has 10 heteroatoms. The Labute approximate surface area is 137 Å². The zero-order valence-corrected chi connectivity index (χ0v) is 13.5. The van der Waals surface area contributed by atoms with Gasteiger partial charge in [-0.15, -0.1) is 0 Å². The van der Waals surface area contributed by atoms with E-state index in [9.17, 15) is 14.9 Å². The van der Waals surface area contributed by atoms with Crippen molar-refractivity contribution in [3.05, 3.63) is 39.4 Å². The average Bonchev–Trinajstić information content (AvgIpc) is 3.13. The molecule has 1 unspecified atom stereocenters. The molecule has 0 saturated carbocycles. The van der Waals surface area contributed by atoms with Crippen molar-refractivity contribution >= 4 is 23.2 Å². The van der Waals surface area contributed by atoms with Crippen molar-refractivity contribution in [2.24, 2.45) is 0 Å². The summed E-state index contributed by atoms with van der Waals surface area (Å²) in [6.45, 7) is 4.60. The highest BCUT2D eigenvalue weighted by Gasteiger charge is 2.22. The third-order valence-corrected chi connectivity index (χ3v) is 3.75. The highest BCUT2D eigenvalue weighted by Crippen LogP contribution is 2.18. The maximum Gasteiger partial charge on any atom is 0.307 e. The molecule has 2 rings (SSSR count). The molecule has 2 aromatic heterocycles. The Morgan fingerprint density at radius 2 is 2.17 bits per heavy atom. The Morgan fingerprint density at radius 1 is 1.43 bits per heavy atom. The van der Waals surface area contributed by atoms with Crippen molar-refractivity contribution < 1.29 is 9.72 Å². The van der Waals surface area contributed by atoms with Crippen molar-refractivity contribution in [2.45, 2.75) is 39.4 Å². The van der Waals surface area contributed by atoms with Crippen LogP contribution in [0.3, 0.4) is 0 Å². The van der Waals surface area contributed by atoms with Gasteiger partial charge in [-0.3, -0.25) is 24.3 Å². The summed E-state index contributed by atoms with van der Waals surface area (Å²) in [4.78, 5) is 22.5. The Morgan fingerprint density at radius 3 is 2.74 bits per heavy atom. The lowest BCUT2D eigenvalue weighted by Crippen LogP contribution is -2.33. The zero-order chi connectivity index (χ0) is 17.0. The number of rotatable bonds is 7. The average molecular weight is 341 g/mol. The van der Waals surface area contributed by atoms with Gasteiger partial charge in [0.2, 0.25) is 5.91 Å². The molecular formula is C13H17ClN6O3. The molecule has 2 heterocycles. The van der Waals surface area contributed by atoms with E-state index in [1.165, 1.54) is 17.1 Å². The smallest absolute Gasteiger partial charge is 0.307 e. The van der Waals surface area contributed by atoms with Crippen LogP contribution in [0, 0.1) is 10.1 Å². The molecule has 23 heavy (non-hydrogen) atoms. The minimum atomic E-state index is -0.625. The molecule has 9 nitrogen and oxygen atoms in total. The first-order valence-corrected chi connectivity index (χ1v) is 7.52. The van der Waals surface area contributed by atoms with Gasteiger partial charge >= 0.3 is 5.69 Å². The summed E-state index contributed by atoms with van der Waals surface area (Å²) in [6.07, 6.45) is 4.35. The van der Waals surface area contributed by atoms with Crippen LogP contribution in [-0.4, -0.2) is 30.4 Å². The molecule has 0 aromatic carbocycles. The maximum absolute atomic E-state index is 12.3. The van der Waals surface area contributed by atoms with E-state index in [1.807, 2.05) is 6.92 Å². The minimum Gasteiger partial charge on any atom is -0.349 e. The van der Waals surface area contributed by atoms with Gasteiger partial charge in [0.15, 0.2) is 0 Å². The van der Waals surface area contributed by atoms with E-state index in [4.69, 9.17) is 11.6 Å². The largest absolute Gasteiger partial charge is 0.349 e. The lowest BCUT2D eigenvalue weighted by molar-refractivity contribution is -0.385. The van der Waals surface area contributed by atoms with Crippen LogP contribution in [0.5, 0.6) is 0 Å². The number of amides is 1. The molecule has 0 bridgehead atoms. The molecule has 1 atom stereocenters. The van der Waals surface area contributed by atoms with E-state index < -0.39 is 11.0 Å². The molecule has 0 saturated heterocycles. The van der Waals surface area contributed by atoms with Gasteiger partial charge < -0.3 is 5.32 Å². The fourth-order valence-electron chi connectivity index (χ4n) is 2.21. The molecule has 0 aliphatic heterocycles. The number of aryl methyl sites for hydroxylation is 1. The number of halogens is 1. The van der Waals surface area contributed by atoms with Crippen LogP contribution in [-0.2, 0) is 17.9 Å². The zero-order valence-electron chi connectivity index (χ0n) is 12.8. The number of nitrogens with one attached hydrogen (secondary N) is 1. The Kier molecular flexibility index (Phi) is 5.32. The predicted molar refractivity (Wildman–Crippen MR) is 83.0 cm³/mol. The number of aromatic nitrogens is 4. The molecule has 0 aliphatic rings.